The smallest absolute Gasteiger partial charge is 0.303 e. The summed E-state index contributed by atoms with van der Waals surface area (Å²) in [6.45, 7) is 7.73. The number of ether oxygens (including phenoxy) is 2. The number of ketones is 2. The molecule has 4 fully saturated rings. The summed E-state index contributed by atoms with van der Waals surface area (Å²) in [4.78, 5) is 36.6. The molecule has 8 atom stereocenters. The lowest BCUT2D eigenvalue weighted by molar-refractivity contribution is -0.148. The van der Waals surface area contributed by atoms with Crippen LogP contribution in [0.3, 0.4) is 0 Å². The first-order chi connectivity index (χ1) is 14.0. The summed E-state index contributed by atoms with van der Waals surface area (Å²) < 4.78 is 10.9. The maximum absolute atomic E-state index is 13.3. The molecule has 5 nitrogen and oxygen atoms in total. The van der Waals surface area contributed by atoms with Gasteiger partial charge in [-0.15, -0.1) is 0 Å². The maximum Gasteiger partial charge on any atom is 0.303 e. The first-order valence-electron chi connectivity index (χ1n) is 11.0. The molecule has 0 aromatic heterocycles. The fourth-order valence-electron chi connectivity index (χ4n) is 7.82. The van der Waals surface area contributed by atoms with Gasteiger partial charge in [-0.25, -0.2) is 0 Å². The summed E-state index contributed by atoms with van der Waals surface area (Å²) in [6.07, 6.45) is 9.26. The Morgan fingerprint density at radius 2 is 2.03 bits per heavy atom. The molecular formula is C24H29BrO5. The minimum absolute atomic E-state index is 0.0471. The lowest BCUT2D eigenvalue weighted by Gasteiger charge is -2.55. The van der Waals surface area contributed by atoms with Crippen molar-refractivity contribution >= 4 is 33.5 Å². The third-order valence-corrected chi connectivity index (χ3v) is 11.4. The first-order valence-corrected chi connectivity index (χ1v) is 11.8. The second-order valence-corrected chi connectivity index (χ2v) is 11.7. The fraction of sp³-hybridized carbons (Fsp3) is 0.708. The van der Waals surface area contributed by atoms with Crippen LogP contribution in [0.5, 0.6) is 0 Å². The van der Waals surface area contributed by atoms with Gasteiger partial charge in [0.15, 0.2) is 18.2 Å². The molecular weight excluding hydrogens is 448 g/mol. The van der Waals surface area contributed by atoms with Crippen molar-refractivity contribution in [2.45, 2.75) is 69.4 Å². The summed E-state index contributed by atoms with van der Waals surface area (Å²) in [5.41, 5.74) is 0.401. The van der Waals surface area contributed by atoms with Gasteiger partial charge in [-0.05, 0) is 67.9 Å². The number of hydrogen-bond donors (Lipinski definition) is 0. The summed E-state index contributed by atoms with van der Waals surface area (Å²) in [5, 5.41) is 0. The van der Waals surface area contributed by atoms with Crippen LogP contribution in [0.15, 0.2) is 23.8 Å². The van der Waals surface area contributed by atoms with Gasteiger partial charge in [0.1, 0.15) is 5.60 Å². The molecule has 1 aliphatic heterocycles. The van der Waals surface area contributed by atoms with Gasteiger partial charge in [0.05, 0.1) is 10.4 Å². The number of rotatable bonds is 3. The van der Waals surface area contributed by atoms with Gasteiger partial charge in [0.25, 0.3) is 0 Å². The molecule has 5 aliphatic rings. The fourth-order valence-corrected chi connectivity index (χ4v) is 8.58. The van der Waals surface area contributed by atoms with Crippen molar-refractivity contribution in [3.63, 3.8) is 0 Å². The average molecular weight is 477 g/mol. The summed E-state index contributed by atoms with van der Waals surface area (Å²) in [7, 11) is 0. The van der Waals surface area contributed by atoms with Gasteiger partial charge in [-0.1, -0.05) is 41.4 Å². The van der Waals surface area contributed by atoms with Crippen LogP contribution in [-0.2, 0) is 23.9 Å². The van der Waals surface area contributed by atoms with Crippen LogP contribution in [0.1, 0.15) is 53.4 Å². The molecule has 1 saturated heterocycles. The molecule has 162 valence electrons. The molecule has 3 saturated carbocycles. The van der Waals surface area contributed by atoms with E-state index in [-0.39, 0.29) is 46.6 Å². The van der Waals surface area contributed by atoms with Gasteiger partial charge in [0, 0.05) is 12.3 Å². The van der Waals surface area contributed by atoms with E-state index in [4.69, 9.17) is 9.47 Å². The van der Waals surface area contributed by atoms with Crippen LogP contribution in [0.4, 0.5) is 0 Å². The molecule has 0 aromatic rings. The number of epoxide rings is 1. The van der Waals surface area contributed by atoms with Crippen molar-refractivity contribution in [2.75, 3.05) is 6.61 Å². The van der Waals surface area contributed by atoms with Gasteiger partial charge >= 0.3 is 5.97 Å². The van der Waals surface area contributed by atoms with E-state index in [1.807, 2.05) is 6.08 Å². The number of esters is 1. The largest absolute Gasteiger partial charge is 0.458 e. The molecule has 0 amide bonds. The third-order valence-electron chi connectivity index (χ3n) is 9.25. The standard InChI is InChI=1S/C24H29BrO5/c1-13-9-18-17-6-5-15-10-16(27)7-8-21(15,3)24(17)20(30-24)11-22(18,4)23(13,25)19(28)12-29-14(2)26/h7-8,10,13,17-18,20H,5-6,9,11-12H2,1-4H3/t13-,17+,18+,20?,21+,22+,23+,24?/m1/s1. The summed E-state index contributed by atoms with van der Waals surface area (Å²) >= 11 is 3.91. The number of fused-ring (bicyclic) bond motifs is 3. The second-order valence-electron chi connectivity index (χ2n) is 10.4. The Bertz CT molecular complexity index is 923. The molecule has 0 N–H and O–H groups in total. The quantitative estimate of drug-likeness (QED) is 0.350. The maximum atomic E-state index is 13.3. The topological polar surface area (TPSA) is 73.0 Å². The van der Waals surface area contributed by atoms with Crippen molar-refractivity contribution in [3.05, 3.63) is 23.8 Å². The molecule has 1 heterocycles. The normalized spacial score (nSPS) is 50.6. The number of alkyl halides is 1. The van der Waals surface area contributed by atoms with E-state index in [1.54, 1.807) is 6.08 Å². The van der Waals surface area contributed by atoms with Crippen molar-refractivity contribution in [3.8, 4) is 0 Å². The highest BCUT2D eigenvalue weighted by Gasteiger charge is 2.81. The van der Waals surface area contributed by atoms with E-state index in [2.05, 4.69) is 42.8 Å². The predicted octanol–water partition coefficient (Wildman–Crippen LogP) is 3.94. The number of carbonyl (C=O) groups excluding carboxylic acids is 3. The Kier molecular flexibility index (Phi) is 4.23. The molecule has 5 rings (SSSR count). The SMILES string of the molecule is CC(=O)OCC(=O)[C@@]1(Br)[C@H](C)C[C@H]2[C@@H]3CCC4=CC(=O)C=C[C@]4(C)C34OC4C[C@@]21C. The predicted molar refractivity (Wildman–Crippen MR) is 114 cm³/mol. The molecule has 0 bridgehead atoms. The van der Waals surface area contributed by atoms with Gasteiger partial charge < -0.3 is 9.47 Å². The molecule has 2 unspecified atom stereocenters. The molecule has 0 aromatic carbocycles. The van der Waals surface area contributed by atoms with Gasteiger partial charge in [-0.3, -0.25) is 14.4 Å². The third kappa shape index (κ3) is 2.25. The van der Waals surface area contributed by atoms with E-state index in [0.29, 0.717) is 11.8 Å². The van der Waals surface area contributed by atoms with Crippen LogP contribution >= 0.6 is 15.9 Å². The zero-order chi connectivity index (χ0) is 21.7. The number of carbonyl (C=O) groups is 3. The number of Topliss-reactive ketones (excluding diaryl/α,β-unsaturated/α-hetero) is 1. The van der Waals surface area contributed by atoms with Crippen LogP contribution in [0.2, 0.25) is 0 Å². The van der Waals surface area contributed by atoms with Crippen molar-refractivity contribution in [1.82, 2.24) is 0 Å². The molecule has 6 heteroatoms. The highest BCUT2D eigenvalue weighted by atomic mass is 79.9. The van der Waals surface area contributed by atoms with Gasteiger partial charge in [0.2, 0.25) is 0 Å². The summed E-state index contributed by atoms with van der Waals surface area (Å²) in [5.74, 6) is 0.395. The van der Waals surface area contributed by atoms with Crippen LogP contribution in [-0.4, -0.2) is 40.2 Å². The monoisotopic (exact) mass is 476 g/mol. The zero-order valence-electron chi connectivity index (χ0n) is 18.0. The molecule has 30 heavy (non-hydrogen) atoms. The Labute approximate surface area is 185 Å². The molecule has 0 radical (unpaired) electrons. The lowest BCUT2D eigenvalue weighted by atomic mass is 9.47. The number of hydrogen-bond acceptors (Lipinski definition) is 5. The average Bonchev–Trinajstić information content (AvgIpc) is 3.36. The second kappa shape index (κ2) is 6.16. The Balaban J connectivity index is 1.52. The van der Waals surface area contributed by atoms with Gasteiger partial charge in [-0.2, -0.15) is 0 Å². The summed E-state index contributed by atoms with van der Waals surface area (Å²) in [6, 6.07) is 0. The van der Waals surface area contributed by atoms with Crippen molar-refractivity contribution in [1.29, 1.82) is 0 Å². The highest BCUT2D eigenvalue weighted by molar-refractivity contribution is 9.10. The Morgan fingerprint density at radius 3 is 2.73 bits per heavy atom. The van der Waals surface area contributed by atoms with Crippen LogP contribution in [0.25, 0.3) is 0 Å². The van der Waals surface area contributed by atoms with E-state index in [9.17, 15) is 14.4 Å². The van der Waals surface area contributed by atoms with Crippen molar-refractivity contribution in [2.24, 2.45) is 28.6 Å². The van der Waals surface area contributed by atoms with E-state index < -0.39 is 10.3 Å². The van der Waals surface area contributed by atoms with Crippen molar-refractivity contribution < 1.29 is 23.9 Å². The lowest BCUT2D eigenvalue weighted by Crippen LogP contribution is -2.60. The first kappa shape index (κ1) is 20.6. The molecule has 4 aliphatic carbocycles. The van der Waals surface area contributed by atoms with Crippen LogP contribution in [0, 0.1) is 28.6 Å². The highest BCUT2D eigenvalue weighted by Crippen LogP contribution is 2.77. The molecule has 1 spiro atoms. The Morgan fingerprint density at radius 1 is 1.30 bits per heavy atom. The van der Waals surface area contributed by atoms with E-state index in [0.717, 1.165) is 25.7 Å². The van der Waals surface area contributed by atoms with E-state index in [1.165, 1.54) is 12.5 Å². The van der Waals surface area contributed by atoms with Crippen LogP contribution < -0.4 is 0 Å². The van der Waals surface area contributed by atoms with E-state index >= 15 is 0 Å². The minimum Gasteiger partial charge on any atom is -0.458 e. The number of halogens is 1. The number of allylic oxidation sites excluding steroid dienone is 2. The Hall–Kier alpha value is -1.27. The zero-order valence-corrected chi connectivity index (χ0v) is 19.6. The minimum atomic E-state index is -0.729.